The molecule has 0 aliphatic rings. The first-order valence-corrected chi connectivity index (χ1v) is 10.8. The predicted molar refractivity (Wildman–Crippen MR) is 130 cm³/mol. The van der Waals surface area contributed by atoms with Crippen LogP contribution in [0, 0.1) is 0 Å². The third-order valence-electron chi connectivity index (χ3n) is 5.17. The van der Waals surface area contributed by atoms with Crippen LogP contribution in [0.15, 0.2) is 58.1 Å². The number of hydrogen-bond acceptors (Lipinski definition) is 6. The molecule has 1 atom stereocenters. The summed E-state index contributed by atoms with van der Waals surface area (Å²) in [6, 6.07) is 13.3. The van der Waals surface area contributed by atoms with Crippen molar-refractivity contribution in [2.24, 2.45) is 0 Å². The minimum atomic E-state index is -0.518. The lowest BCUT2D eigenvalue weighted by molar-refractivity contribution is 0.0824. The third-order valence-corrected chi connectivity index (χ3v) is 5.17. The molecule has 3 aromatic rings. The number of H-pyrrole nitrogens is 1. The van der Waals surface area contributed by atoms with Gasteiger partial charge in [0.2, 0.25) is 0 Å². The van der Waals surface area contributed by atoms with E-state index >= 15 is 0 Å². The number of amides is 1. The topological polar surface area (TPSA) is 119 Å². The van der Waals surface area contributed by atoms with Gasteiger partial charge < -0.3 is 20.6 Å². The Hall–Kier alpha value is -4.01. The van der Waals surface area contributed by atoms with Crippen molar-refractivity contribution in [3.63, 3.8) is 0 Å². The van der Waals surface area contributed by atoms with Gasteiger partial charge in [-0.1, -0.05) is 37.6 Å². The van der Waals surface area contributed by atoms with Gasteiger partial charge in [0.1, 0.15) is 11.4 Å². The zero-order chi connectivity index (χ0) is 24.1. The lowest BCUT2D eigenvalue weighted by atomic mass is 10.1. The van der Waals surface area contributed by atoms with E-state index in [0.29, 0.717) is 5.69 Å². The Balaban J connectivity index is 2.18. The summed E-state index contributed by atoms with van der Waals surface area (Å²) in [6.07, 6.45) is 1.68. The summed E-state index contributed by atoms with van der Waals surface area (Å²) in [5.74, 6) is -0.701. The normalized spacial score (nSPS) is 11.6. The van der Waals surface area contributed by atoms with Crippen LogP contribution in [0.4, 0.5) is 17.1 Å². The molecule has 0 aliphatic carbocycles. The quantitative estimate of drug-likeness (QED) is 0.390. The van der Waals surface area contributed by atoms with Crippen LogP contribution in [0.5, 0.6) is 5.75 Å². The van der Waals surface area contributed by atoms with E-state index in [2.05, 4.69) is 15.7 Å². The van der Waals surface area contributed by atoms with Gasteiger partial charge in [-0.2, -0.15) is 0 Å². The van der Waals surface area contributed by atoms with Crippen molar-refractivity contribution in [3.8, 4) is 11.4 Å². The molecule has 33 heavy (non-hydrogen) atoms. The highest BCUT2D eigenvalue weighted by Gasteiger charge is 2.21. The molecule has 1 aromatic heterocycles. The highest BCUT2D eigenvalue weighted by Crippen LogP contribution is 2.31. The number of nitrogens with zero attached hydrogens (tertiary/aromatic N) is 2. The fourth-order valence-electron chi connectivity index (χ4n) is 3.50. The average Bonchev–Trinajstić information content (AvgIpc) is 2.79. The summed E-state index contributed by atoms with van der Waals surface area (Å²) in [6.45, 7) is 3.95. The van der Waals surface area contributed by atoms with Crippen LogP contribution in [0.2, 0.25) is 0 Å². The number of aromatic amines is 1. The van der Waals surface area contributed by atoms with Crippen molar-refractivity contribution in [1.29, 1.82) is 0 Å². The molecule has 0 aliphatic heterocycles. The number of carbonyl (C=O) groups is 1. The first-order valence-electron chi connectivity index (χ1n) is 10.8. The van der Waals surface area contributed by atoms with Gasteiger partial charge in [0.05, 0.1) is 16.9 Å². The molecule has 9 nitrogen and oxygen atoms in total. The number of phenolic OH excluding ortho intramolecular Hbond substituents is 1. The molecule has 0 spiro atoms. The number of hydrogen-bond donors (Lipinski definition) is 4. The summed E-state index contributed by atoms with van der Waals surface area (Å²) in [5.41, 5.74) is -0.285. The molecule has 9 heteroatoms. The van der Waals surface area contributed by atoms with Crippen LogP contribution < -0.4 is 21.8 Å². The summed E-state index contributed by atoms with van der Waals surface area (Å²) in [5, 5.41) is 19.4. The lowest BCUT2D eigenvalue weighted by Gasteiger charge is -2.20. The molecule has 4 N–H and O–H groups in total. The van der Waals surface area contributed by atoms with Gasteiger partial charge in [0, 0.05) is 20.1 Å². The molecule has 3 rings (SSSR count). The molecule has 0 bridgehead atoms. The molecule has 2 aromatic carbocycles. The van der Waals surface area contributed by atoms with Crippen LogP contribution in [-0.2, 0) is 0 Å². The van der Waals surface area contributed by atoms with E-state index in [1.807, 2.05) is 13.8 Å². The van der Waals surface area contributed by atoms with E-state index in [9.17, 15) is 19.5 Å². The molecule has 0 saturated carbocycles. The number of aromatic hydroxyl groups is 1. The van der Waals surface area contributed by atoms with Gasteiger partial charge in [-0.05, 0) is 37.6 Å². The van der Waals surface area contributed by atoms with E-state index in [1.165, 1.54) is 17.0 Å². The van der Waals surface area contributed by atoms with Crippen LogP contribution in [-0.4, -0.2) is 45.8 Å². The molecule has 0 saturated heterocycles. The highest BCUT2D eigenvalue weighted by atomic mass is 16.3. The molecule has 174 valence electrons. The van der Waals surface area contributed by atoms with Crippen LogP contribution in [0.25, 0.3) is 5.69 Å². The number of aromatic nitrogens is 2. The highest BCUT2D eigenvalue weighted by molar-refractivity contribution is 5.98. The zero-order valence-corrected chi connectivity index (χ0v) is 19.2. The van der Waals surface area contributed by atoms with E-state index in [4.69, 9.17) is 0 Å². The second-order valence-corrected chi connectivity index (χ2v) is 8.03. The first kappa shape index (κ1) is 23.6. The average molecular weight is 452 g/mol. The Labute approximate surface area is 191 Å². The summed E-state index contributed by atoms with van der Waals surface area (Å²) in [4.78, 5) is 40.2. The summed E-state index contributed by atoms with van der Waals surface area (Å²) in [7, 11) is 3.16. The summed E-state index contributed by atoms with van der Waals surface area (Å²) >= 11 is 0. The predicted octanol–water partition coefficient (Wildman–Crippen LogP) is 3.28. The maximum absolute atomic E-state index is 13.5. The smallest absolute Gasteiger partial charge is 0.295 e. The molecule has 1 amide bonds. The van der Waals surface area contributed by atoms with E-state index < -0.39 is 17.0 Å². The molecule has 1 unspecified atom stereocenters. The second kappa shape index (κ2) is 10.1. The van der Waals surface area contributed by atoms with E-state index in [1.54, 1.807) is 50.5 Å². The molecule has 0 fully saturated rings. The van der Waals surface area contributed by atoms with Crippen molar-refractivity contribution in [3.05, 3.63) is 74.8 Å². The monoisotopic (exact) mass is 451 g/mol. The van der Waals surface area contributed by atoms with Gasteiger partial charge in [-0.15, -0.1) is 0 Å². The lowest BCUT2D eigenvalue weighted by Crippen LogP contribution is -2.34. The zero-order valence-electron chi connectivity index (χ0n) is 19.2. The number of anilines is 3. The molecule has 0 radical (unpaired) electrons. The van der Waals surface area contributed by atoms with Crippen molar-refractivity contribution in [2.45, 2.75) is 32.7 Å². The number of nitrogens with one attached hydrogen (secondary N) is 3. The maximum atomic E-state index is 13.5. The van der Waals surface area contributed by atoms with Gasteiger partial charge >= 0.3 is 0 Å². The SMILES string of the molecule is CCCC(C)Nc1c(Nc2cccc(C(=O)N(C)C)c2O)c(=O)n(-c2ccccc2)[nH]c1=O. The minimum absolute atomic E-state index is 0.0321. The van der Waals surface area contributed by atoms with Gasteiger partial charge in [0.25, 0.3) is 17.0 Å². The second-order valence-electron chi connectivity index (χ2n) is 8.03. The number of carbonyl (C=O) groups excluding carboxylic acids is 1. The number of rotatable bonds is 8. The Kier molecular flexibility index (Phi) is 7.22. The Bertz CT molecular complexity index is 1250. The van der Waals surface area contributed by atoms with Crippen molar-refractivity contribution in [1.82, 2.24) is 14.7 Å². The number of phenols is 1. The van der Waals surface area contributed by atoms with Crippen LogP contribution in [0.3, 0.4) is 0 Å². The number of para-hydroxylation sites is 2. The molecular formula is C24H29N5O4. The fourth-order valence-corrected chi connectivity index (χ4v) is 3.50. The van der Waals surface area contributed by atoms with Crippen molar-refractivity contribution in [2.75, 3.05) is 24.7 Å². The Morgan fingerprint density at radius 1 is 1.09 bits per heavy atom. The standard InChI is InChI=1S/C24H29N5O4/c1-5-10-15(2)25-19-20(24(33)29(27-22(19)31)16-11-7-6-8-12-16)26-18-14-9-13-17(21(18)30)23(32)28(3)4/h6-9,11-15,25-26,30H,5,10H2,1-4H3,(H,27,31). The first-order chi connectivity index (χ1) is 15.7. The largest absolute Gasteiger partial charge is 0.505 e. The number of benzene rings is 2. The minimum Gasteiger partial charge on any atom is -0.505 e. The van der Waals surface area contributed by atoms with Crippen molar-refractivity contribution >= 4 is 23.0 Å². The van der Waals surface area contributed by atoms with E-state index in [-0.39, 0.29) is 34.4 Å². The van der Waals surface area contributed by atoms with Gasteiger partial charge in [0.15, 0.2) is 5.75 Å². The van der Waals surface area contributed by atoms with Gasteiger partial charge in [-0.3, -0.25) is 19.5 Å². The van der Waals surface area contributed by atoms with Gasteiger partial charge in [-0.25, -0.2) is 4.68 Å². The van der Waals surface area contributed by atoms with Crippen LogP contribution in [0.1, 0.15) is 37.0 Å². The third kappa shape index (κ3) is 5.08. The van der Waals surface area contributed by atoms with E-state index in [0.717, 1.165) is 17.5 Å². The maximum Gasteiger partial charge on any atom is 0.295 e. The van der Waals surface area contributed by atoms with Crippen LogP contribution >= 0.6 is 0 Å². The Morgan fingerprint density at radius 2 is 1.79 bits per heavy atom. The fraction of sp³-hybridized carbons (Fsp3) is 0.292. The molecular weight excluding hydrogens is 422 g/mol. The summed E-state index contributed by atoms with van der Waals surface area (Å²) < 4.78 is 1.15. The van der Waals surface area contributed by atoms with Crippen molar-refractivity contribution < 1.29 is 9.90 Å². The Morgan fingerprint density at radius 3 is 2.42 bits per heavy atom. The molecule has 1 heterocycles.